The van der Waals surface area contributed by atoms with E-state index in [-0.39, 0.29) is 5.91 Å². The maximum Gasteiger partial charge on any atom is 0.323 e. The van der Waals surface area contributed by atoms with Gasteiger partial charge in [0.2, 0.25) is 0 Å². The van der Waals surface area contributed by atoms with Crippen LogP contribution >= 0.6 is 0 Å². The largest absolute Gasteiger partial charge is 0.497 e. The second-order valence-corrected chi connectivity index (χ2v) is 7.70. The van der Waals surface area contributed by atoms with Gasteiger partial charge in [-0.25, -0.2) is 9.18 Å². The number of nitrogens with one attached hydrogen (secondary N) is 3. The minimum atomic E-state index is -0.411. The Morgan fingerprint density at radius 3 is 2.33 bits per heavy atom. The normalized spacial score (nSPS) is 12.8. The monoisotopic (exact) mass is 448 g/mol. The number of amides is 3. The first-order chi connectivity index (χ1) is 16.0. The van der Waals surface area contributed by atoms with Crippen LogP contribution in [-0.4, -0.2) is 32.1 Å². The lowest BCUT2D eigenvalue weighted by molar-refractivity contribution is 0.102. The third-order valence-electron chi connectivity index (χ3n) is 5.38. The molecule has 0 spiro atoms. The van der Waals surface area contributed by atoms with Gasteiger partial charge >= 0.3 is 6.03 Å². The predicted molar refractivity (Wildman–Crippen MR) is 128 cm³/mol. The zero-order valence-electron chi connectivity index (χ0n) is 18.2. The molecule has 0 unspecified atom stereocenters. The summed E-state index contributed by atoms with van der Waals surface area (Å²) in [7, 11) is 1.56. The fraction of sp³-hybridized carbons (Fsp3) is 0.200. The van der Waals surface area contributed by atoms with Crippen LogP contribution in [0.4, 0.5) is 31.9 Å². The van der Waals surface area contributed by atoms with Crippen LogP contribution in [0.15, 0.2) is 66.7 Å². The number of anilines is 4. The average Bonchev–Trinajstić information content (AvgIpc) is 3.34. The zero-order chi connectivity index (χ0) is 23.2. The number of benzene rings is 3. The maximum absolute atomic E-state index is 13.2. The lowest BCUT2D eigenvalue weighted by Gasteiger charge is -2.22. The van der Waals surface area contributed by atoms with E-state index in [1.54, 1.807) is 43.5 Å². The molecular weight excluding hydrogens is 423 g/mol. The summed E-state index contributed by atoms with van der Waals surface area (Å²) in [6.07, 6.45) is 2.16. The van der Waals surface area contributed by atoms with E-state index in [1.165, 1.54) is 24.3 Å². The highest BCUT2D eigenvalue weighted by Gasteiger charge is 2.18. The number of rotatable bonds is 6. The molecule has 3 aromatic rings. The molecule has 1 saturated heterocycles. The molecule has 33 heavy (non-hydrogen) atoms. The van der Waals surface area contributed by atoms with Gasteiger partial charge in [-0.05, 0) is 67.4 Å². The van der Waals surface area contributed by atoms with Gasteiger partial charge < -0.3 is 25.6 Å². The SMILES string of the molecule is COc1cccc(NC(=O)Nc2cc(NC(=O)c3ccc(F)cc3)ccc2N2CCCC2)c1. The topological polar surface area (TPSA) is 82.7 Å². The summed E-state index contributed by atoms with van der Waals surface area (Å²) in [5.74, 6) is -0.137. The van der Waals surface area contributed by atoms with Gasteiger partial charge in [-0.1, -0.05) is 6.07 Å². The number of carbonyl (C=O) groups excluding carboxylic acids is 2. The molecule has 8 heteroatoms. The highest BCUT2D eigenvalue weighted by molar-refractivity contribution is 6.06. The highest BCUT2D eigenvalue weighted by Crippen LogP contribution is 2.32. The van der Waals surface area contributed by atoms with Crippen molar-refractivity contribution in [3.8, 4) is 5.75 Å². The average molecular weight is 448 g/mol. The van der Waals surface area contributed by atoms with E-state index in [0.717, 1.165) is 31.6 Å². The predicted octanol–water partition coefficient (Wildman–Crippen LogP) is 5.33. The van der Waals surface area contributed by atoms with Crippen LogP contribution in [0, 0.1) is 5.82 Å². The molecule has 3 N–H and O–H groups in total. The van der Waals surface area contributed by atoms with Crippen molar-refractivity contribution >= 4 is 34.7 Å². The number of carbonyl (C=O) groups is 2. The molecule has 1 aliphatic heterocycles. The number of hydrogen-bond donors (Lipinski definition) is 3. The van der Waals surface area contributed by atoms with Gasteiger partial charge in [0.1, 0.15) is 11.6 Å². The first-order valence-corrected chi connectivity index (χ1v) is 10.7. The van der Waals surface area contributed by atoms with Crippen molar-refractivity contribution in [2.75, 3.05) is 41.0 Å². The lowest BCUT2D eigenvalue weighted by Crippen LogP contribution is -2.24. The number of ether oxygens (including phenoxy) is 1. The summed E-state index contributed by atoms with van der Waals surface area (Å²) in [6.45, 7) is 1.79. The van der Waals surface area contributed by atoms with Crippen LogP contribution in [0.1, 0.15) is 23.2 Å². The Kier molecular flexibility index (Phi) is 6.73. The van der Waals surface area contributed by atoms with Crippen LogP contribution in [0.2, 0.25) is 0 Å². The molecule has 0 aliphatic carbocycles. The van der Waals surface area contributed by atoms with E-state index in [2.05, 4.69) is 20.9 Å². The third kappa shape index (κ3) is 5.60. The molecule has 1 heterocycles. The number of hydrogen-bond acceptors (Lipinski definition) is 4. The molecule has 170 valence electrons. The quantitative estimate of drug-likeness (QED) is 0.476. The molecule has 3 amide bonds. The Bertz CT molecular complexity index is 1140. The van der Waals surface area contributed by atoms with Gasteiger partial charge in [0.15, 0.2) is 0 Å². The molecule has 7 nitrogen and oxygen atoms in total. The number of urea groups is 1. The van der Waals surface area contributed by atoms with Crippen LogP contribution < -0.4 is 25.6 Å². The van der Waals surface area contributed by atoms with Crippen LogP contribution in [0.3, 0.4) is 0 Å². The van der Waals surface area contributed by atoms with Crippen molar-refractivity contribution in [3.05, 3.63) is 78.1 Å². The van der Waals surface area contributed by atoms with Crippen molar-refractivity contribution in [3.63, 3.8) is 0 Å². The zero-order valence-corrected chi connectivity index (χ0v) is 18.2. The molecular formula is C25H25FN4O3. The van der Waals surface area contributed by atoms with Crippen LogP contribution in [-0.2, 0) is 0 Å². The molecule has 0 saturated carbocycles. The lowest BCUT2D eigenvalue weighted by atomic mass is 10.2. The molecule has 0 atom stereocenters. The van der Waals surface area contributed by atoms with Crippen molar-refractivity contribution in [2.45, 2.75) is 12.8 Å². The minimum Gasteiger partial charge on any atom is -0.497 e. The van der Waals surface area contributed by atoms with E-state index in [0.29, 0.717) is 28.4 Å². The summed E-state index contributed by atoms with van der Waals surface area (Å²) < 4.78 is 18.4. The summed E-state index contributed by atoms with van der Waals surface area (Å²) in [6, 6.07) is 17.4. The maximum atomic E-state index is 13.2. The van der Waals surface area contributed by atoms with E-state index in [9.17, 15) is 14.0 Å². The standard InChI is InChI=1S/C25H25FN4O3/c1-33-21-6-4-5-19(15-21)28-25(32)29-22-16-20(11-12-23(22)30-13-2-3-14-30)27-24(31)17-7-9-18(26)10-8-17/h4-12,15-16H,2-3,13-14H2,1H3,(H,27,31)(H2,28,29,32). The van der Waals surface area contributed by atoms with Gasteiger partial charge in [0, 0.05) is 36.1 Å². The molecule has 4 rings (SSSR count). The first kappa shape index (κ1) is 22.1. The second kappa shape index (κ2) is 10.0. The van der Waals surface area contributed by atoms with Crippen molar-refractivity contribution in [2.24, 2.45) is 0 Å². The van der Waals surface area contributed by atoms with E-state index < -0.39 is 11.8 Å². The molecule has 0 bridgehead atoms. The molecule has 3 aromatic carbocycles. The van der Waals surface area contributed by atoms with Crippen molar-refractivity contribution < 1.29 is 18.7 Å². The summed E-state index contributed by atoms with van der Waals surface area (Å²) in [4.78, 5) is 27.5. The highest BCUT2D eigenvalue weighted by atomic mass is 19.1. The van der Waals surface area contributed by atoms with Gasteiger partial charge in [-0.2, -0.15) is 0 Å². The van der Waals surface area contributed by atoms with Gasteiger partial charge in [-0.3, -0.25) is 4.79 Å². The number of methoxy groups -OCH3 is 1. The Hall–Kier alpha value is -4.07. The Balaban J connectivity index is 1.53. The van der Waals surface area contributed by atoms with Gasteiger partial charge in [0.05, 0.1) is 18.5 Å². The number of nitrogens with zero attached hydrogens (tertiary/aromatic N) is 1. The number of halogens is 1. The first-order valence-electron chi connectivity index (χ1n) is 10.7. The molecule has 0 radical (unpaired) electrons. The summed E-state index contributed by atoms with van der Waals surface area (Å²) >= 11 is 0. The summed E-state index contributed by atoms with van der Waals surface area (Å²) in [5, 5.41) is 8.51. The minimum absolute atomic E-state index is 0.338. The Morgan fingerprint density at radius 1 is 0.879 bits per heavy atom. The second-order valence-electron chi connectivity index (χ2n) is 7.70. The van der Waals surface area contributed by atoms with E-state index >= 15 is 0 Å². The Labute approximate surface area is 191 Å². The van der Waals surface area contributed by atoms with Crippen LogP contribution in [0.5, 0.6) is 5.75 Å². The smallest absolute Gasteiger partial charge is 0.323 e. The van der Waals surface area contributed by atoms with E-state index in [4.69, 9.17) is 4.74 Å². The van der Waals surface area contributed by atoms with Gasteiger partial charge in [-0.15, -0.1) is 0 Å². The summed E-state index contributed by atoms with van der Waals surface area (Å²) in [5.41, 5.74) is 2.91. The third-order valence-corrected chi connectivity index (χ3v) is 5.38. The molecule has 1 aliphatic rings. The van der Waals surface area contributed by atoms with Crippen molar-refractivity contribution in [1.82, 2.24) is 0 Å². The fourth-order valence-corrected chi connectivity index (χ4v) is 3.74. The van der Waals surface area contributed by atoms with Crippen LogP contribution in [0.25, 0.3) is 0 Å². The Morgan fingerprint density at radius 2 is 1.61 bits per heavy atom. The van der Waals surface area contributed by atoms with Gasteiger partial charge in [0.25, 0.3) is 5.91 Å². The molecule has 0 aromatic heterocycles. The van der Waals surface area contributed by atoms with E-state index in [1.807, 2.05) is 6.07 Å². The molecule has 1 fully saturated rings. The fourth-order valence-electron chi connectivity index (χ4n) is 3.74. The van der Waals surface area contributed by atoms with Crippen molar-refractivity contribution in [1.29, 1.82) is 0 Å².